The molecular formula is C5H15NO3P+. The number of quaternary nitrogens is 1. The normalized spacial score (nSPS) is 20.0. The fraction of sp³-hybridized carbons (Fsp3) is 1.00. The van der Waals surface area contributed by atoms with Gasteiger partial charge < -0.3 is 15.7 Å². The molecular weight excluding hydrogens is 153 g/mol. The number of aliphatic hydroxyl groups excluding tert-OH is 1. The van der Waals surface area contributed by atoms with Gasteiger partial charge in [0.25, 0.3) is 0 Å². The molecule has 0 saturated heterocycles. The monoisotopic (exact) mass is 168 g/mol. The molecule has 0 bridgehead atoms. The van der Waals surface area contributed by atoms with Gasteiger partial charge >= 0.3 is 0 Å². The molecule has 4 nitrogen and oxygen atoms in total. The Morgan fingerprint density at radius 1 is 1.70 bits per heavy atom. The van der Waals surface area contributed by atoms with Gasteiger partial charge in [-0.05, 0) is 12.8 Å². The summed E-state index contributed by atoms with van der Waals surface area (Å²) in [6.07, 6.45) is 1.06. The average molecular weight is 168 g/mol. The quantitative estimate of drug-likeness (QED) is 0.482. The van der Waals surface area contributed by atoms with Crippen molar-refractivity contribution in [2.75, 3.05) is 13.2 Å². The maximum absolute atomic E-state index is 10.7. The Kier molecular flexibility index (Phi) is 4.13. The highest BCUT2D eigenvalue weighted by Gasteiger charge is 2.21. The Morgan fingerprint density at radius 2 is 2.20 bits per heavy atom. The molecule has 0 aliphatic heterocycles. The van der Waals surface area contributed by atoms with Crippen molar-refractivity contribution >= 4 is 7.37 Å². The van der Waals surface area contributed by atoms with Crippen molar-refractivity contribution in [3.8, 4) is 0 Å². The van der Waals surface area contributed by atoms with E-state index in [-0.39, 0.29) is 0 Å². The summed E-state index contributed by atoms with van der Waals surface area (Å²) in [4.78, 5) is 8.80. The van der Waals surface area contributed by atoms with E-state index < -0.39 is 13.2 Å². The average Bonchev–Trinajstić information content (AvgIpc) is 1.80. The minimum absolute atomic E-state index is 0.369. The fourth-order valence-electron chi connectivity index (χ4n) is 0.566. The van der Waals surface area contributed by atoms with E-state index in [1.165, 1.54) is 6.66 Å². The molecule has 0 spiro atoms. The van der Waals surface area contributed by atoms with Crippen LogP contribution < -0.4 is 5.73 Å². The standard InChI is InChI=1S/C5H14NO3P/c1-10(8,9)5(7)3-2-4-6/h5,7H,2-4,6H2,1H3,(H,8,9)/p+1. The first-order chi connectivity index (χ1) is 4.48. The third kappa shape index (κ3) is 4.01. The summed E-state index contributed by atoms with van der Waals surface area (Å²) >= 11 is 0. The highest BCUT2D eigenvalue weighted by atomic mass is 31.2. The maximum atomic E-state index is 10.7. The lowest BCUT2D eigenvalue weighted by Gasteiger charge is -2.11. The Labute approximate surface area is 60.5 Å². The van der Waals surface area contributed by atoms with Crippen LogP contribution in [0.1, 0.15) is 12.8 Å². The minimum Gasteiger partial charge on any atom is -0.383 e. The summed E-state index contributed by atoms with van der Waals surface area (Å²) in [7, 11) is -3.26. The van der Waals surface area contributed by atoms with Crippen LogP contribution in [0.4, 0.5) is 0 Å². The Balaban J connectivity index is 3.63. The van der Waals surface area contributed by atoms with Crippen LogP contribution in [-0.2, 0) is 4.57 Å². The van der Waals surface area contributed by atoms with E-state index in [1.54, 1.807) is 0 Å². The van der Waals surface area contributed by atoms with Gasteiger partial charge in [-0.1, -0.05) is 0 Å². The van der Waals surface area contributed by atoms with Crippen molar-refractivity contribution in [3.63, 3.8) is 0 Å². The Morgan fingerprint density at radius 3 is 2.50 bits per heavy atom. The minimum atomic E-state index is -3.26. The number of aliphatic hydroxyl groups is 1. The Bertz CT molecular complexity index is 133. The van der Waals surface area contributed by atoms with E-state index >= 15 is 0 Å². The smallest absolute Gasteiger partial charge is 0.225 e. The van der Waals surface area contributed by atoms with Crippen LogP contribution in [-0.4, -0.2) is 29.1 Å². The molecule has 0 aromatic heterocycles. The zero-order chi connectivity index (χ0) is 8.20. The summed E-state index contributed by atoms with van der Waals surface area (Å²) < 4.78 is 10.7. The molecule has 0 aliphatic rings. The molecule has 5 N–H and O–H groups in total. The number of rotatable bonds is 4. The molecule has 0 aliphatic carbocycles. The summed E-state index contributed by atoms with van der Waals surface area (Å²) in [5.74, 6) is -1.06. The van der Waals surface area contributed by atoms with E-state index in [9.17, 15) is 4.57 Å². The summed E-state index contributed by atoms with van der Waals surface area (Å²) in [5, 5.41) is 8.98. The van der Waals surface area contributed by atoms with Crippen LogP contribution in [0.3, 0.4) is 0 Å². The van der Waals surface area contributed by atoms with E-state index in [4.69, 9.17) is 10.00 Å². The molecule has 0 radical (unpaired) electrons. The van der Waals surface area contributed by atoms with Crippen LogP contribution >= 0.6 is 7.37 Å². The molecule has 0 aromatic rings. The van der Waals surface area contributed by atoms with Crippen LogP contribution in [0.25, 0.3) is 0 Å². The SMILES string of the molecule is CP(=O)(O)C(O)CCC[NH3+]. The highest BCUT2D eigenvalue weighted by Crippen LogP contribution is 2.41. The fourth-order valence-corrected chi connectivity index (χ4v) is 1.23. The van der Waals surface area contributed by atoms with Gasteiger partial charge in [0.2, 0.25) is 7.37 Å². The van der Waals surface area contributed by atoms with Crippen molar-refractivity contribution in [2.24, 2.45) is 0 Å². The van der Waals surface area contributed by atoms with Crippen molar-refractivity contribution in [3.05, 3.63) is 0 Å². The van der Waals surface area contributed by atoms with E-state index in [0.29, 0.717) is 19.4 Å². The van der Waals surface area contributed by atoms with Crippen LogP contribution in [0.15, 0.2) is 0 Å². The predicted molar refractivity (Wildman–Crippen MR) is 38.7 cm³/mol. The molecule has 10 heavy (non-hydrogen) atoms. The van der Waals surface area contributed by atoms with Crippen LogP contribution in [0.2, 0.25) is 0 Å². The molecule has 5 heteroatoms. The lowest BCUT2D eigenvalue weighted by Crippen LogP contribution is -2.50. The summed E-state index contributed by atoms with van der Waals surface area (Å²) in [6, 6.07) is 0. The van der Waals surface area contributed by atoms with Crippen LogP contribution in [0.5, 0.6) is 0 Å². The molecule has 62 valence electrons. The third-order valence-corrected chi connectivity index (χ3v) is 2.63. The zero-order valence-corrected chi connectivity index (χ0v) is 7.05. The number of hydrogen-bond acceptors (Lipinski definition) is 2. The van der Waals surface area contributed by atoms with Crippen molar-refractivity contribution in [1.82, 2.24) is 0 Å². The largest absolute Gasteiger partial charge is 0.383 e. The van der Waals surface area contributed by atoms with Crippen molar-refractivity contribution < 1.29 is 20.3 Å². The van der Waals surface area contributed by atoms with Gasteiger partial charge in [-0.2, -0.15) is 0 Å². The molecule has 0 rings (SSSR count). The molecule has 0 heterocycles. The maximum Gasteiger partial charge on any atom is 0.225 e. The predicted octanol–water partition coefficient (Wildman–Crippen LogP) is -0.773. The third-order valence-electron chi connectivity index (χ3n) is 1.27. The second-order valence-corrected chi connectivity index (χ2v) is 4.90. The molecule has 2 atom stereocenters. The van der Waals surface area contributed by atoms with Crippen molar-refractivity contribution in [1.29, 1.82) is 0 Å². The molecule has 0 saturated carbocycles. The lowest BCUT2D eigenvalue weighted by atomic mass is 10.3. The highest BCUT2D eigenvalue weighted by molar-refractivity contribution is 7.57. The molecule has 0 aromatic carbocycles. The molecule has 0 amide bonds. The first kappa shape index (κ1) is 10.1. The van der Waals surface area contributed by atoms with Crippen LogP contribution in [0, 0.1) is 0 Å². The van der Waals surface area contributed by atoms with Gasteiger partial charge in [-0.25, -0.2) is 0 Å². The first-order valence-corrected chi connectivity index (χ1v) is 5.43. The second kappa shape index (κ2) is 4.09. The van der Waals surface area contributed by atoms with Gasteiger partial charge in [0.1, 0.15) is 5.85 Å². The topological polar surface area (TPSA) is 85.2 Å². The van der Waals surface area contributed by atoms with E-state index in [1.807, 2.05) is 0 Å². The first-order valence-electron chi connectivity index (χ1n) is 3.25. The van der Waals surface area contributed by atoms with Crippen molar-refractivity contribution in [2.45, 2.75) is 18.7 Å². The van der Waals surface area contributed by atoms with Gasteiger partial charge in [-0.3, -0.25) is 4.57 Å². The molecule has 2 unspecified atom stereocenters. The Hall–Kier alpha value is 0.110. The molecule has 0 fully saturated rings. The number of hydrogen-bond donors (Lipinski definition) is 3. The zero-order valence-electron chi connectivity index (χ0n) is 6.16. The lowest BCUT2D eigenvalue weighted by molar-refractivity contribution is -0.368. The van der Waals surface area contributed by atoms with Gasteiger partial charge in [-0.15, -0.1) is 0 Å². The van der Waals surface area contributed by atoms with Gasteiger partial charge in [0.05, 0.1) is 6.54 Å². The summed E-state index contributed by atoms with van der Waals surface area (Å²) in [6.45, 7) is 1.86. The second-order valence-electron chi connectivity index (χ2n) is 2.42. The summed E-state index contributed by atoms with van der Waals surface area (Å²) in [5.41, 5.74) is 3.56. The van der Waals surface area contributed by atoms with E-state index in [0.717, 1.165) is 0 Å². The van der Waals surface area contributed by atoms with Gasteiger partial charge in [0.15, 0.2) is 0 Å². The van der Waals surface area contributed by atoms with E-state index in [2.05, 4.69) is 5.73 Å². The van der Waals surface area contributed by atoms with Gasteiger partial charge in [0, 0.05) is 6.66 Å².